The second kappa shape index (κ2) is 8.58. The molecule has 1 aromatic heterocycles. The maximum atomic E-state index is 11.8. The van der Waals surface area contributed by atoms with Crippen LogP contribution in [-0.4, -0.2) is 22.4 Å². The van der Waals surface area contributed by atoms with Crippen molar-refractivity contribution in [1.82, 2.24) is 9.97 Å². The number of aromatic nitrogens is 2. The molecular weight excluding hydrogens is 314 g/mol. The first-order chi connectivity index (χ1) is 12.0. The number of carbonyl (C=O) groups is 1. The Hall–Kier alpha value is -2.47. The van der Waals surface area contributed by atoms with Gasteiger partial charge >= 0.3 is 0 Å². The second-order valence-electron chi connectivity index (χ2n) is 6.17. The molecule has 0 bridgehead atoms. The Balaban J connectivity index is 2.43. The zero-order chi connectivity index (χ0) is 18.4. The fourth-order valence-corrected chi connectivity index (χ4v) is 2.68. The summed E-state index contributed by atoms with van der Waals surface area (Å²) in [4.78, 5) is 20.9. The highest BCUT2D eigenvalue weighted by molar-refractivity contribution is 5.96. The third-order valence-electron chi connectivity index (χ3n) is 4.18. The Morgan fingerprint density at radius 1 is 1.24 bits per heavy atom. The van der Waals surface area contributed by atoms with Crippen molar-refractivity contribution < 1.29 is 4.79 Å². The number of aryl methyl sites for hydroxylation is 2. The summed E-state index contributed by atoms with van der Waals surface area (Å²) < 4.78 is 0. The number of hydrogen-bond donors (Lipinski definition) is 3. The summed E-state index contributed by atoms with van der Waals surface area (Å²) in [6.45, 7) is 6.73. The molecule has 6 nitrogen and oxygen atoms in total. The quantitative estimate of drug-likeness (QED) is 0.684. The van der Waals surface area contributed by atoms with Gasteiger partial charge in [-0.3, -0.25) is 4.79 Å². The SMILES string of the molecule is CCCc1nc(Nc2cccc(C(C)CN)c2)c(C(N)=O)nc1CC. The Kier molecular flexibility index (Phi) is 6.47. The van der Waals surface area contributed by atoms with Crippen LogP contribution in [0.3, 0.4) is 0 Å². The van der Waals surface area contributed by atoms with Crippen LogP contribution < -0.4 is 16.8 Å². The number of nitrogens with one attached hydrogen (secondary N) is 1. The standard InChI is InChI=1S/C19H27N5O/c1-4-7-16-15(5-2)23-17(18(21)25)19(24-16)22-14-9-6-8-13(10-14)12(3)11-20/h6,8-10,12H,4-5,7,11,20H2,1-3H3,(H2,21,25)(H,22,24). The minimum atomic E-state index is -0.584. The molecule has 2 aromatic rings. The van der Waals surface area contributed by atoms with Crippen molar-refractivity contribution in [3.63, 3.8) is 0 Å². The minimum Gasteiger partial charge on any atom is -0.364 e. The van der Waals surface area contributed by atoms with Crippen LogP contribution in [-0.2, 0) is 12.8 Å². The average molecular weight is 341 g/mol. The molecule has 6 heteroatoms. The van der Waals surface area contributed by atoms with Crippen LogP contribution >= 0.6 is 0 Å². The predicted molar refractivity (Wildman–Crippen MR) is 101 cm³/mol. The Labute approximate surface area is 149 Å². The third-order valence-corrected chi connectivity index (χ3v) is 4.18. The molecule has 1 atom stereocenters. The molecule has 0 aliphatic rings. The molecule has 0 saturated carbocycles. The molecule has 5 N–H and O–H groups in total. The molecule has 2 rings (SSSR count). The van der Waals surface area contributed by atoms with Gasteiger partial charge in [0.15, 0.2) is 11.5 Å². The lowest BCUT2D eigenvalue weighted by Crippen LogP contribution is -2.19. The number of anilines is 2. The van der Waals surface area contributed by atoms with E-state index in [9.17, 15) is 4.79 Å². The van der Waals surface area contributed by atoms with Gasteiger partial charge in [-0.2, -0.15) is 0 Å². The van der Waals surface area contributed by atoms with Crippen LogP contribution in [0.15, 0.2) is 24.3 Å². The van der Waals surface area contributed by atoms with Crippen molar-refractivity contribution in [2.75, 3.05) is 11.9 Å². The smallest absolute Gasteiger partial charge is 0.271 e. The van der Waals surface area contributed by atoms with E-state index in [0.717, 1.165) is 35.5 Å². The minimum absolute atomic E-state index is 0.175. The van der Waals surface area contributed by atoms with Gasteiger partial charge < -0.3 is 16.8 Å². The summed E-state index contributed by atoms with van der Waals surface area (Å²) >= 11 is 0. The van der Waals surface area contributed by atoms with Gasteiger partial charge in [-0.15, -0.1) is 0 Å². The molecule has 25 heavy (non-hydrogen) atoms. The fourth-order valence-electron chi connectivity index (χ4n) is 2.68. The van der Waals surface area contributed by atoms with Crippen LogP contribution in [0.1, 0.15) is 60.5 Å². The Morgan fingerprint density at radius 3 is 2.60 bits per heavy atom. The number of rotatable bonds is 8. The van der Waals surface area contributed by atoms with Crippen molar-refractivity contribution in [1.29, 1.82) is 0 Å². The highest BCUT2D eigenvalue weighted by atomic mass is 16.1. The molecule has 1 unspecified atom stereocenters. The molecule has 0 fully saturated rings. The summed E-state index contributed by atoms with van der Waals surface area (Å²) in [6.07, 6.45) is 2.49. The number of primary amides is 1. The van der Waals surface area contributed by atoms with Gasteiger partial charge in [0.05, 0.1) is 11.4 Å². The van der Waals surface area contributed by atoms with Crippen LogP contribution in [0, 0.1) is 0 Å². The topological polar surface area (TPSA) is 107 Å². The van der Waals surface area contributed by atoms with Crippen LogP contribution in [0.5, 0.6) is 0 Å². The van der Waals surface area contributed by atoms with Crippen molar-refractivity contribution >= 4 is 17.4 Å². The first-order valence-corrected chi connectivity index (χ1v) is 8.76. The highest BCUT2D eigenvalue weighted by Gasteiger charge is 2.17. The van der Waals surface area contributed by atoms with E-state index in [-0.39, 0.29) is 11.6 Å². The van der Waals surface area contributed by atoms with E-state index < -0.39 is 5.91 Å². The lowest BCUT2D eigenvalue weighted by molar-refractivity contribution is 0.0996. The first kappa shape index (κ1) is 18.9. The number of amides is 1. The maximum absolute atomic E-state index is 11.8. The van der Waals surface area contributed by atoms with Gasteiger partial charge in [0.25, 0.3) is 5.91 Å². The number of nitrogens with zero attached hydrogens (tertiary/aromatic N) is 2. The van der Waals surface area contributed by atoms with E-state index in [2.05, 4.69) is 29.1 Å². The van der Waals surface area contributed by atoms with Gasteiger partial charge in [0.2, 0.25) is 0 Å². The molecule has 1 heterocycles. The zero-order valence-corrected chi connectivity index (χ0v) is 15.2. The molecular formula is C19H27N5O. The molecule has 1 aromatic carbocycles. The molecule has 0 aliphatic heterocycles. The lowest BCUT2D eigenvalue weighted by Gasteiger charge is -2.15. The van der Waals surface area contributed by atoms with Crippen LogP contribution in [0.4, 0.5) is 11.5 Å². The van der Waals surface area contributed by atoms with Gasteiger partial charge in [-0.05, 0) is 43.0 Å². The van der Waals surface area contributed by atoms with E-state index in [4.69, 9.17) is 11.5 Å². The Morgan fingerprint density at radius 2 is 2.00 bits per heavy atom. The summed E-state index contributed by atoms with van der Waals surface area (Å²) in [5.41, 5.74) is 15.1. The molecule has 0 spiro atoms. The normalized spacial score (nSPS) is 12.0. The van der Waals surface area contributed by atoms with Crippen molar-refractivity contribution in [2.45, 2.75) is 46.0 Å². The van der Waals surface area contributed by atoms with Crippen LogP contribution in [0.25, 0.3) is 0 Å². The van der Waals surface area contributed by atoms with Gasteiger partial charge in [-0.25, -0.2) is 9.97 Å². The lowest BCUT2D eigenvalue weighted by atomic mass is 10.0. The molecule has 134 valence electrons. The summed E-state index contributed by atoms with van der Waals surface area (Å²) in [5.74, 6) is 0.0755. The van der Waals surface area contributed by atoms with Crippen molar-refractivity contribution in [2.24, 2.45) is 11.5 Å². The van der Waals surface area contributed by atoms with E-state index >= 15 is 0 Å². The average Bonchev–Trinajstić information content (AvgIpc) is 2.61. The van der Waals surface area contributed by atoms with Crippen molar-refractivity contribution in [3.05, 3.63) is 46.9 Å². The van der Waals surface area contributed by atoms with Crippen LogP contribution in [0.2, 0.25) is 0 Å². The first-order valence-electron chi connectivity index (χ1n) is 8.76. The van der Waals surface area contributed by atoms with Gasteiger partial charge in [-0.1, -0.05) is 39.3 Å². The monoisotopic (exact) mass is 341 g/mol. The number of nitrogens with two attached hydrogens (primary N) is 2. The molecule has 0 radical (unpaired) electrons. The highest BCUT2D eigenvalue weighted by Crippen LogP contribution is 2.23. The zero-order valence-electron chi connectivity index (χ0n) is 15.2. The van der Waals surface area contributed by atoms with E-state index in [1.165, 1.54) is 0 Å². The van der Waals surface area contributed by atoms with Gasteiger partial charge in [0, 0.05) is 5.69 Å². The van der Waals surface area contributed by atoms with Crippen molar-refractivity contribution in [3.8, 4) is 0 Å². The van der Waals surface area contributed by atoms with E-state index in [1.54, 1.807) is 0 Å². The second-order valence-corrected chi connectivity index (χ2v) is 6.17. The van der Waals surface area contributed by atoms with E-state index in [0.29, 0.717) is 18.8 Å². The number of benzene rings is 1. The number of hydrogen-bond acceptors (Lipinski definition) is 5. The fraction of sp³-hybridized carbons (Fsp3) is 0.421. The van der Waals surface area contributed by atoms with Gasteiger partial charge in [0.1, 0.15) is 0 Å². The number of carbonyl (C=O) groups excluding carboxylic acids is 1. The summed E-state index contributed by atoms with van der Waals surface area (Å²) in [5, 5.41) is 3.21. The summed E-state index contributed by atoms with van der Waals surface area (Å²) in [6, 6.07) is 7.92. The largest absolute Gasteiger partial charge is 0.364 e. The third kappa shape index (κ3) is 4.54. The maximum Gasteiger partial charge on any atom is 0.271 e. The molecule has 1 amide bonds. The Bertz CT molecular complexity index is 745. The van der Waals surface area contributed by atoms with E-state index in [1.807, 2.05) is 31.2 Å². The predicted octanol–water partition coefficient (Wildman–Crippen LogP) is 2.90. The molecule has 0 aliphatic carbocycles. The molecule has 0 saturated heterocycles. The summed E-state index contributed by atoms with van der Waals surface area (Å²) in [7, 11) is 0.